The smallest absolute Gasteiger partial charge is 0.203 e. The number of nitrogens with zero attached hydrogens (tertiary/aromatic N) is 3. The van der Waals surface area contributed by atoms with E-state index in [2.05, 4.69) is 20.1 Å². The van der Waals surface area contributed by atoms with Crippen molar-refractivity contribution in [2.45, 2.75) is 6.54 Å². The zero-order valence-corrected chi connectivity index (χ0v) is 18.9. The van der Waals surface area contributed by atoms with Crippen molar-refractivity contribution >= 4 is 5.96 Å². The minimum atomic E-state index is 0.608. The summed E-state index contributed by atoms with van der Waals surface area (Å²) in [5, 5.41) is 3.37. The molecule has 1 saturated heterocycles. The molecule has 1 heterocycles. The number of benzene rings is 1. The number of piperazine rings is 1. The minimum absolute atomic E-state index is 0.608. The number of hydrogen-bond donors (Lipinski definition) is 1. The lowest BCUT2D eigenvalue weighted by Crippen LogP contribution is -2.52. The largest absolute Gasteiger partial charge is 0.493 e. The van der Waals surface area contributed by atoms with Gasteiger partial charge < -0.3 is 33.9 Å². The molecule has 9 nitrogen and oxygen atoms in total. The van der Waals surface area contributed by atoms with Crippen molar-refractivity contribution in [1.29, 1.82) is 0 Å². The van der Waals surface area contributed by atoms with Crippen LogP contribution in [0, 0.1) is 0 Å². The second-order valence-electron chi connectivity index (χ2n) is 6.88. The van der Waals surface area contributed by atoms with Gasteiger partial charge in [0.15, 0.2) is 17.5 Å². The van der Waals surface area contributed by atoms with Gasteiger partial charge in [-0.3, -0.25) is 9.89 Å². The molecule has 170 valence electrons. The standard InChI is InChI=1S/C21H36N4O5/c1-22-21(23-6-11-30-13-12-26-2)25-9-7-24(8-10-25)16-17-14-18(27-3)20(29-5)19(15-17)28-4/h14-15H,6-13,16H2,1-5H3,(H,22,23). The van der Waals surface area contributed by atoms with Crippen molar-refractivity contribution in [3.05, 3.63) is 17.7 Å². The van der Waals surface area contributed by atoms with Crippen LogP contribution >= 0.6 is 0 Å². The Bertz CT molecular complexity index is 638. The van der Waals surface area contributed by atoms with Crippen LogP contribution < -0.4 is 19.5 Å². The van der Waals surface area contributed by atoms with Crippen molar-refractivity contribution in [3.63, 3.8) is 0 Å². The summed E-state index contributed by atoms with van der Waals surface area (Å²) in [6.45, 7) is 7.11. The van der Waals surface area contributed by atoms with E-state index >= 15 is 0 Å². The Hall–Kier alpha value is -2.23. The Balaban J connectivity index is 1.84. The first-order valence-corrected chi connectivity index (χ1v) is 10.2. The molecule has 9 heteroatoms. The Morgan fingerprint density at radius 1 is 0.933 bits per heavy atom. The zero-order valence-electron chi connectivity index (χ0n) is 18.9. The highest BCUT2D eigenvalue weighted by Crippen LogP contribution is 2.38. The number of nitrogens with one attached hydrogen (secondary N) is 1. The third-order valence-electron chi connectivity index (χ3n) is 4.98. The number of aliphatic imine (C=N–C) groups is 1. The van der Waals surface area contributed by atoms with Crippen LogP contribution in [0.3, 0.4) is 0 Å². The van der Waals surface area contributed by atoms with Crippen LogP contribution in [0.1, 0.15) is 5.56 Å². The van der Waals surface area contributed by atoms with Gasteiger partial charge in [-0.05, 0) is 17.7 Å². The van der Waals surface area contributed by atoms with Crippen LogP contribution in [0.15, 0.2) is 17.1 Å². The second kappa shape index (κ2) is 13.1. The number of methoxy groups -OCH3 is 4. The topological polar surface area (TPSA) is 77.0 Å². The average Bonchev–Trinajstić information content (AvgIpc) is 2.78. The van der Waals surface area contributed by atoms with Crippen molar-refractivity contribution < 1.29 is 23.7 Å². The summed E-state index contributed by atoms with van der Waals surface area (Å²) >= 11 is 0. The van der Waals surface area contributed by atoms with Gasteiger partial charge >= 0.3 is 0 Å². The highest BCUT2D eigenvalue weighted by molar-refractivity contribution is 5.80. The Labute approximate surface area is 179 Å². The molecule has 0 aromatic heterocycles. The lowest BCUT2D eigenvalue weighted by Gasteiger charge is -2.36. The molecule has 1 N–H and O–H groups in total. The predicted octanol–water partition coefficient (Wildman–Crippen LogP) is 1.07. The fourth-order valence-electron chi connectivity index (χ4n) is 3.41. The number of rotatable bonds is 11. The van der Waals surface area contributed by atoms with E-state index in [-0.39, 0.29) is 0 Å². The summed E-state index contributed by atoms with van der Waals surface area (Å²) < 4.78 is 26.8. The van der Waals surface area contributed by atoms with Gasteiger partial charge in [0.25, 0.3) is 0 Å². The quantitative estimate of drug-likeness (QED) is 0.321. The lowest BCUT2D eigenvalue weighted by molar-refractivity contribution is 0.0729. The molecule has 0 aliphatic carbocycles. The van der Waals surface area contributed by atoms with E-state index in [0.29, 0.717) is 37.1 Å². The number of hydrogen-bond acceptors (Lipinski definition) is 7. The van der Waals surface area contributed by atoms with Crippen LogP contribution in [0.25, 0.3) is 0 Å². The lowest BCUT2D eigenvalue weighted by atomic mass is 10.1. The van der Waals surface area contributed by atoms with Crippen LogP contribution in [0.5, 0.6) is 17.2 Å². The molecule has 2 rings (SSSR count). The first kappa shape index (κ1) is 24.0. The molecule has 1 aromatic rings. The van der Waals surface area contributed by atoms with Gasteiger partial charge in [0, 0.05) is 53.4 Å². The molecular formula is C21H36N4O5. The normalized spacial score (nSPS) is 15.2. The van der Waals surface area contributed by atoms with Crippen LogP contribution in [0.4, 0.5) is 0 Å². The van der Waals surface area contributed by atoms with E-state index in [1.807, 2.05) is 19.2 Å². The molecule has 1 aliphatic heterocycles. The Morgan fingerprint density at radius 2 is 1.60 bits per heavy atom. The van der Waals surface area contributed by atoms with Crippen molar-refractivity contribution in [2.75, 3.05) is 88.0 Å². The number of guanidine groups is 1. The zero-order chi connectivity index (χ0) is 21.8. The number of ether oxygens (including phenoxy) is 5. The third-order valence-corrected chi connectivity index (χ3v) is 4.98. The van der Waals surface area contributed by atoms with E-state index in [9.17, 15) is 0 Å². The maximum absolute atomic E-state index is 5.50. The van der Waals surface area contributed by atoms with E-state index in [4.69, 9.17) is 23.7 Å². The molecule has 0 spiro atoms. The summed E-state index contributed by atoms with van der Waals surface area (Å²) in [4.78, 5) is 9.10. The third kappa shape index (κ3) is 6.93. The Morgan fingerprint density at radius 3 is 2.13 bits per heavy atom. The highest BCUT2D eigenvalue weighted by Gasteiger charge is 2.21. The van der Waals surface area contributed by atoms with E-state index in [0.717, 1.165) is 50.8 Å². The molecule has 1 aromatic carbocycles. The molecule has 1 fully saturated rings. The summed E-state index contributed by atoms with van der Waals surface area (Å²) in [6, 6.07) is 4.02. The van der Waals surface area contributed by atoms with Gasteiger partial charge in [0.2, 0.25) is 5.75 Å². The fourth-order valence-corrected chi connectivity index (χ4v) is 3.41. The summed E-state index contributed by atoms with van der Waals surface area (Å²) in [5.74, 6) is 2.90. The van der Waals surface area contributed by atoms with E-state index < -0.39 is 0 Å². The van der Waals surface area contributed by atoms with Gasteiger partial charge in [-0.15, -0.1) is 0 Å². The summed E-state index contributed by atoms with van der Waals surface area (Å²) in [6.07, 6.45) is 0. The highest BCUT2D eigenvalue weighted by atomic mass is 16.5. The SMILES string of the molecule is CN=C(NCCOCCOC)N1CCN(Cc2cc(OC)c(OC)c(OC)c2)CC1. The van der Waals surface area contributed by atoms with Crippen molar-refractivity contribution in [1.82, 2.24) is 15.1 Å². The van der Waals surface area contributed by atoms with Gasteiger partial charge in [-0.1, -0.05) is 0 Å². The molecule has 0 amide bonds. The first-order valence-electron chi connectivity index (χ1n) is 10.2. The van der Waals surface area contributed by atoms with Gasteiger partial charge in [0.1, 0.15) is 0 Å². The van der Waals surface area contributed by atoms with Gasteiger partial charge in [0.05, 0.1) is 41.2 Å². The first-order chi connectivity index (χ1) is 14.7. The summed E-state index contributed by atoms with van der Waals surface area (Å²) in [5.41, 5.74) is 1.13. The maximum Gasteiger partial charge on any atom is 0.203 e. The molecule has 0 unspecified atom stereocenters. The molecule has 1 aliphatic rings. The predicted molar refractivity (Wildman–Crippen MR) is 117 cm³/mol. The van der Waals surface area contributed by atoms with Crippen molar-refractivity contribution in [3.8, 4) is 17.2 Å². The van der Waals surface area contributed by atoms with Gasteiger partial charge in [-0.2, -0.15) is 0 Å². The fraction of sp³-hybridized carbons (Fsp3) is 0.667. The van der Waals surface area contributed by atoms with E-state index in [1.54, 1.807) is 28.4 Å². The van der Waals surface area contributed by atoms with E-state index in [1.165, 1.54) is 0 Å². The molecule has 0 radical (unpaired) electrons. The van der Waals surface area contributed by atoms with Crippen LogP contribution in [-0.2, 0) is 16.0 Å². The average molecular weight is 425 g/mol. The molecule has 0 saturated carbocycles. The maximum atomic E-state index is 5.50. The van der Waals surface area contributed by atoms with Gasteiger partial charge in [-0.25, -0.2) is 0 Å². The molecule has 30 heavy (non-hydrogen) atoms. The Kier molecular flexibility index (Phi) is 10.5. The monoisotopic (exact) mass is 424 g/mol. The molecule has 0 atom stereocenters. The molecular weight excluding hydrogens is 388 g/mol. The van der Waals surface area contributed by atoms with Crippen LogP contribution in [0.2, 0.25) is 0 Å². The minimum Gasteiger partial charge on any atom is -0.493 e. The summed E-state index contributed by atoms with van der Waals surface area (Å²) in [7, 11) is 8.38. The van der Waals surface area contributed by atoms with Crippen LogP contribution in [-0.4, -0.2) is 104 Å². The van der Waals surface area contributed by atoms with Crippen molar-refractivity contribution in [2.24, 2.45) is 4.99 Å². The second-order valence-corrected chi connectivity index (χ2v) is 6.88. The molecule has 0 bridgehead atoms.